The Morgan fingerprint density at radius 2 is 2.10 bits per heavy atom. The van der Waals surface area contributed by atoms with Gasteiger partial charge in [-0.1, -0.05) is 24.3 Å². The summed E-state index contributed by atoms with van der Waals surface area (Å²) in [5, 5.41) is 11.8. The van der Waals surface area contributed by atoms with Crippen molar-refractivity contribution < 1.29 is 5.11 Å². The number of pyridine rings is 1. The van der Waals surface area contributed by atoms with Crippen LogP contribution in [0, 0.1) is 0 Å². The maximum Gasteiger partial charge on any atom is 0.137 e. The number of nitrogens with zero attached hydrogens (tertiary/aromatic N) is 3. The van der Waals surface area contributed by atoms with Gasteiger partial charge in [-0.25, -0.2) is 4.98 Å². The lowest BCUT2D eigenvalue weighted by Gasteiger charge is -2.30. The van der Waals surface area contributed by atoms with Gasteiger partial charge in [0, 0.05) is 24.5 Å². The highest BCUT2D eigenvalue weighted by molar-refractivity contribution is 5.92. The Balaban J connectivity index is 2.09. The zero-order valence-electron chi connectivity index (χ0n) is 12.8. The highest BCUT2D eigenvalue weighted by Gasteiger charge is 2.22. The third-order valence-corrected chi connectivity index (χ3v) is 4.25. The van der Waals surface area contributed by atoms with Crippen molar-refractivity contribution in [2.24, 2.45) is 0 Å². The highest BCUT2D eigenvalue weighted by Crippen LogP contribution is 2.28. The van der Waals surface area contributed by atoms with Crippen molar-refractivity contribution in [3.05, 3.63) is 36.0 Å². The van der Waals surface area contributed by atoms with E-state index in [2.05, 4.69) is 42.0 Å². The van der Waals surface area contributed by atoms with Crippen LogP contribution >= 0.6 is 0 Å². The molecule has 1 atom stereocenters. The zero-order valence-corrected chi connectivity index (χ0v) is 12.8. The summed E-state index contributed by atoms with van der Waals surface area (Å²) in [5.74, 6) is 1.01. The molecular weight excluding hydrogens is 262 g/mol. The van der Waals surface area contributed by atoms with Gasteiger partial charge in [0.2, 0.25) is 0 Å². The summed E-state index contributed by atoms with van der Waals surface area (Å²) in [6.45, 7) is 5.42. The molecule has 0 spiro atoms. The number of aromatic nitrogens is 1. The highest BCUT2D eigenvalue weighted by atomic mass is 16.3. The van der Waals surface area contributed by atoms with E-state index in [9.17, 15) is 5.11 Å². The quantitative estimate of drug-likeness (QED) is 0.919. The molecule has 1 fully saturated rings. The van der Waals surface area contributed by atoms with Crippen LogP contribution in [0.15, 0.2) is 30.3 Å². The molecule has 0 bridgehead atoms. The third-order valence-electron chi connectivity index (χ3n) is 4.25. The first kappa shape index (κ1) is 14.3. The van der Waals surface area contributed by atoms with Gasteiger partial charge >= 0.3 is 0 Å². The summed E-state index contributed by atoms with van der Waals surface area (Å²) in [5.41, 5.74) is 0.744. The Labute approximate surface area is 126 Å². The second-order valence-electron chi connectivity index (χ2n) is 5.97. The van der Waals surface area contributed by atoms with Crippen molar-refractivity contribution in [1.82, 2.24) is 9.88 Å². The second-order valence-corrected chi connectivity index (χ2v) is 5.97. The molecule has 1 aromatic carbocycles. The predicted molar refractivity (Wildman–Crippen MR) is 86.6 cm³/mol. The molecule has 0 aliphatic carbocycles. The average molecular weight is 285 g/mol. The molecule has 1 aliphatic heterocycles. The summed E-state index contributed by atoms with van der Waals surface area (Å²) >= 11 is 0. The molecule has 1 unspecified atom stereocenters. The number of hydrogen-bond donors (Lipinski definition) is 1. The van der Waals surface area contributed by atoms with E-state index in [4.69, 9.17) is 4.98 Å². The summed E-state index contributed by atoms with van der Waals surface area (Å²) in [7, 11) is 2.18. The van der Waals surface area contributed by atoms with Crippen LogP contribution in [0.4, 0.5) is 5.82 Å². The molecular formula is C17H23N3O. The SMILES string of the molecule is CC1CN(C)CCCN1c1nc(CO)cc2ccccc12. The molecule has 1 N–H and O–H groups in total. The molecule has 112 valence electrons. The maximum atomic E-state index is 9.49. The van der Waals surface area contributed by atoms with Gasteiger partial charge in [-0.15, -0.1) is 0 Å². The molecule has 1 aromatic heterocycles. The molecule has 1 aliphatic rings. The molecule has 2 heterocycles. The lowest BCUT2D eigenvalue weighted by molar-refractivity contribution is 0.277. The van der Waals surface area contributed by atoms with Gasteiger partial charge in [-0.3, -0.25) is 0 Å². The van der Waals surface area contributed by atoms with Gasteiger partial charge in [-0.2, -0.15) is 0 Å². The topological polar surface area (TPSA) is 39.6 Å². The van der Waals surface area contributed by atoms with Crippen LogP contribution in [0.25, 0.3) is 10.8 Å². The first-order valence-electron chi connectivity index (χ1n) is 7.63. The lowest BCUT2D eigenvalue weighted by Crippen LogP contribution is -2.38. The van der Waals surface area contributed by atoms with E-state index in [-0.39, 0.29) is 6.61 Å². The predicted octanol–water partition coefficient (Wildman–Crippen LogP) is 2.26. The molecule has 21 heavy (non-hydrogen) atoms. The van der Waals surface area contributed by atoms with E-state index in [0.717, 1.165) is 43.0 Å². The molecule has 0 saturated carbocycles. The van der Waals surface area contributed by atoms with Crippen LogP contribution in [-0.2, 0) is 6.61 Å². The minimum absolute atomic E-state index is 0.0139. The van der Waals surface area contributed by atoms with E-state index >= 15 is 0 Å². The molecule has 4 nitrogen and oxygen atoms in total. The second kappa shape index (κ2) is 6.00. The Hall–Kier alpha value is -1.65. The normalized spacial score (nSPS) is 20.7. The van der Waals surface area contributed by atoms with Crippen molar-refractivity contribution >= 4 is 16.6 Å². The molecule has 2 aromatic rings. The molecule has 3 rings (SSSR count). The van der Waals surface area contributed by atoms with Gasteiger partial charge in [0.1, 0.15) is 5.82 Å². The lowest BCUT2D eigenvalue weighted by atomic mass is 10.1. The van der Waals surface area contributed by atoms with Crippen LogP contribution in [0.1, 0.15) is 19.0 Å². The van der Waals surface area contributed by atoms with E-state index < -0.39 is 0 Å². The number of anilines is 1. The number of rotatable bonds is 2. The van der Waals surface area contributed by atoms with Crippen LogP contribution < -0.4 is 4.90 Å². The fraction of sp³-hybridized carbons (Fsp3) is 0.471. The van der Waals surface area contributed by atoms with Gasteiger partial charge in [-0.05, 0) is 38.4 Å². The Kier molecular flexibility index (Phi) is 4.08. The number of fused-ring (bicyclic) bond motifs is 1. The summed E-state index contributed by atoms with van der Waals surface area (Å²) in [4.78, 5) is 9.49. The minimum Gasteiger partial charge on any atom is -0.390 e. The van der Waals surface area contributed by atoms with Gasteiger partial charge in [0.25, 0.3) is 0 Å². The Morgan fingerprint density at radius 1 is 1.29 bits per heavy atom. The van der Waals surface area contributed by atoms with E-state index in [1.807, 2.05) is 12.1 Å². The zero-order chi connectivity index (χ0) is 14.8. The number of benzene rings is 1. The summed E-state index contributed by atoms with van der Waals surface area (Å²) in [6.07, 6.45) is 1.14. The van der Waals surface area contributed by atoms with Crippen molar-refractivity contribution in [3.8, 4) is 0 Å². The summed E-state index contributed by atoms with van der Waals surface area (Å²) < 4.78 is 0. The van der Waals surface area contributed by atoms with Crippen molar-refractivity contribution in [2.75, 3.05) is 31.6 Å². The molecule has 4 heteroatoms. The van der Waals surface area contributed by atoms with Gasteiger partial charge in [0.05, 0.1) is 12.3 Å². The van der Waals surface area contributed by atoms with Crippen molar-refractivity contribution in [3.63, 3.8) is 0 Å². The minimum atomic E-state index is -0.0139. The molecule has 0 amide bonds. The van der Waals surface area contributed by atoms with E-state index in [0.29, 0.717) is 6.04 Å². The number of aliphatic hydroxyl groups is 1. The number of hydrogen-bond acceptors (Lipinski definition) is 4. The first-order valence-corrected chi connectivity index (χ1v) is 7.63. The van der Waals surface area contributed by atoms with Gasteiger partial charge in [0.15, 0.2) is 0 Å². The standard InChI is InChI=1S/C17H23N3O/c1-13-11-19(2)8-5-9-20(13)17-16-7-4-3-6-14(16)10-15(12-21)18-17/h3-4,6-7,10,13,21H,5,8-9,11-12H2,1-2H3. The maximum absolute atomic E-state index is 9.49. The largest absolute Gasteiger partial charge is 0.390 e. The van der Waals surface area contributed by atoms with E-state index in [1.165, 1.54) is 5.39 Å². The summed E-state index contributed by atoms with van der Waals surface area (Å²) in [6, 6.07) is 10.7. The van der Waals surface area contributed by atoms with Crippen LogP contribution in [0.3, 0.4) is 0 Å². The van der Waals surface area contributed by atoms with E-state index in [1.54, 1.807) is 0 Å². The van der Waals surface area contributed by atoms with Crippen molar-refractivity contribution in [2.45, 2.75) is 26.0 Å². The fourth-order valence-electron chi connectivity index (χ4n) is 3.22. The van der Waals surface area contributed by atoms with Crippen LogP contribution in [0.5, 0.6) is 0 Å². The third kappa shape index (κ3) is 2.87. The first-order chi connectivity index (χ1) is 10.2. The Morgan fingerprint density at radius 3 is 2.90 bits per heavy atom. The number of likely N-dealkylation sites (N-methyl/N-ethyl adjacent to an activating group) is 1. The van der Waals surface area contributed by atoms with Crippen LogP contribution in [-0.4, -0.2) is 47.7 Å². The average Bonchev–Trinajstić information content (AvgIpc) is 2.66. The monoisotopic (exact) mass is 285 g/mol. The molecule has 1 saturated heterocycles. The fourth-order valence-corrected chi connectivity index (χ4v) is 3.22. The molecule has 0 radical (unpaired) electrons. The van der Waals surface area contributed by atoms with Crippen LogP contribution in [0.2, 0.25) is 0 Å². The van der Waals surface area contributed by atoms with Gasteiger partial charge < -0.3 is 14.9 Å². The smallest absolute Gasteiger partial charge is 0.137 e. The Bertz CT molecular complexity index is 628. The number of aliphatic hydroxyl groups excluding tert-OH is 1. The van der Waals surface area contributed by atoms with Crippen molar-refractivity contribution in [1.29, 1.82) is 0 Å².